The molecule has 0 radical (unpaired) electrons. The molecule has 2 nitrogen and oxygen atoms in total. The summed E-state index contributed by atoms with van der Waals surface area (Å²) >= 11 is 11.6. The molecule has 1 atom stereocenters. The minimum atomic E-state index is -0.106. The van der Waals surface area contributed by atoms with E-state index in [1.807, 2.05) is 12.1 Å². The van der Waals surface area contributed by atoms with Crippen LogP contribution in [0.25, 0.3) is 0 Å². The monoisotopic (exact) mass is 230 g/mol. The van der Waals surface area contributed by atoms with Gasteiger partial charge < -0.3 is 5.73 Å². The summed E-state index contributed by atoms with van der Waals surface area (Å²) in [6, 6.07) is 3.40. The van der Waals surface area contributed by atoms with Gasteiger partial charge in [0.05, 0.1) is 0 Å². The van der Waals surface area contributed by atoms with E-state index >= 15 is 0 Å². The molecule has 0 aliphatic carbocycles. The summed E-state index contributed by atoms with van der Waals surface area (Å²) in [7, 11) is 0. The van der Waals surface area contributed by atoms with Crippen molar-refractivity contribution in [3.63, 3.8) is 0 Å². The molecular weight excluding hydrogens is 219 g/mol. The van der Waals surface area contributed by atoms with Crippen LogP contribution in [-0.4, -0.2) is 4.98 Å². The average molecular weight is 231 g/mol. The number of nitrogens with two attached hydrogens (primary N) is 1. The number of pyridine rings is 1. The van der Waals surface area contributed by atoms with Crippen LogP contribution in [0.15, 0.2) is 24.8 Å². The van der Waals surface area contributed by atoms with Crippen molar-refractivity contribution in [3.05, 3.63) is 40.7 Å². The van der Waals surface area contributed by atoms with Gasteiger partial charge in [0, 0.05) is 11.6 Å². The standard InChI is InChI=1S/C10H12Cl2N2/c1-2-3-4-8(13)7-5-6-9(11)14-10(7)12/h2,5-6,8H,1,3-4,13H2/t8-/m1/s1. The second-order valence-electron chi connectivity index (χ2n) is 2.99. The van der Waals surface area contributed by atoms with Crippen molar-refractivity contribution >= 4 is 23.2 Å². The molecule has 76 valence electrons. The van der Waals surface area contributed by atoms with Crippen molar-refractivity contribution in [2.75, 3.05) is 0 Å². The molecule has 0 aromatic carbocycles. The third-order valence-corrected chi connectivity index (χ3v) is 2.44. The van der Waals surface area contributed by atoms with Crippen molar-refractivity contribution in [1.29, 1.82) is 0 Å². The number of allylic oxidation sites excluding steroid dienone is 1. The van der Waals surface area contributed by atoms with E-state index < -0.39 is 0 Å². The molecule has 1 rings (SSSR count). The smallest absolute Gasteiger partial charge is 0.135 e. The molecule has 4 heteroatoms. The zero-order chi connectivity index (χ0) is 10.6. The highest BCUT2D eigenvalue weighted by Gasteiger charge is 2.10. The first-order valence-corrected chi connectivity index (χ1v) is 5.09. The van der Waals surface area contributed by atoms with Gasteiger partial charge in [-0.2, -0.15) is 0 Å². The Balaban J connectivity index is 2.78. The summed E-state index contributed by atoms with van der Waals surface area (Å²) in [5.41, 5.74) is 6.75. The Hall–Kier alpha value is -0.570. The molecule has 14 heavy (non-hydrogen) atoms. The molecule has 1 aromatic rings. The molecule has 0 spiro atoms. The van der Waals surface area contributed by atoms with Crippen LogP contribution in [0, 0.1) is 0 Å². The van der Waals surface area contributed by atoms with Gasteiger partial charge in [0.25, 0.3) is 0 Å². The van der Waals surface area contributed by atoms with Gasteiger partial charge in [0.1, 0.15) is 10.3 Å². The van der Waals surface area contributed by atoms with E-state index in [2.05, 4.69) is 11.6 Å². The first-order chi connectivity index (χ1) is 6.65. The second kappa shape index (κ2) is 5.35. The highest BCUT2D eigenvalue weighted by molar-refractivity contribution is 6.32. The molecule has 0 fully saturated rings. The summed E-state index contributed by atoms with van der Waals surface area (Å²) in [6.45, 7) is 3.64. The highest BCUT2D eigenvalue weighted by Crippen LogP contribution is 2.24. The third-order valence-electron chi connectivity index (χ3n) is 1.92. The fraction of sp³-hybridized carbons (Fsp3) is 0.300. The Labute approximate surface area is 93.7 Å². The lowest BCUT2D eigenvalue weighted by molar-refractivity contribution is 0.659. The largest absolute Gasteiger partial charge is 0.324 e. The summed E-state index contributed by atoms with van der Waals surface area (Å²) in [4.78, 5) is 3.93. The van der Waals surface area contributed by atoms with Crippen molar-refractivity contribution in [2.24, 2.45) is 5.73 Å². The normalized spacial score (nSPS) is 12.5. The second-order valence-corrected chi connectivity index (χ2v) is 3.73. The van der Waals surface area contributed by atoms with Crippen LogP contribution in [-0.2, 0) is 0 Å². The first kappa shape index (κ1) is 11.5. The number of hydrogen-bond acceptors (Lipinski definition) is 2. The van der Waals surface area contributed by atoms with Crippen LogP contribution < -0.4 is 5.73 Å². The van der Waals surface area contributed by atoms with Crippen LogP contribution >= 0.6 is 23.2 Å². The Bertz CT molecular complexity index is 326. The summed E-state index contributed by atoms with van der Waals surface area (Å²) in [6.07, 6.45) is 3.50. The van der Waals surface area contributed by atoms with Crippen LogP contribution in [0.2, 0.25) is 10.3 Å². The number of halogens is 2. The summed E-state index contributed by atoms with van der Waals surface area (Å²) in [5, 5.41) is 0.767. The molecule has 0 saturated heterocycles. The Morgan fingerprint density at radius 3 is 2.79 bits per heavy atom. The zero-order valence-corrected chi connectivity index (χ0v) is 9.22. The zero-order valence-electron chi connectivity index (χ0n) is 7.71. The van der Waals surface area contributed by atoms with Gasteiger partial charge in [0.15, 0.2) is 0 Å². The van der Waals surface area contributed by atoms with E-state index in [0.717, 1.165) is 18.4 Å². The number of hydrogen-bond donors (Lipinski definition) is 1. The molecule has 0 aliphatic heterocycles. The quantitative estimate of drug-likeness (QED) is 0.637. The van der Waals surface area contributed by atoms with Gasteiger partial charge in [-0.1, -0.05) is 35.3 Å². The maximum Gasteiger partial charge on any atom is 0.135 e. The number of aromatic nitrogens is 1. The molecule has 1 heterocycles. The summed E-state index contributed by atoms with van der Waals surface area (Å²) < 4.78 is 0. The minimum absolute atomic E-state index is 0.106. The molecule has 0 aliphatic rings. The maximum atomic E-state index is 5.92. The maximum absolute atomic E-state index is 5.92. The lowest BCUT2D eigenvalue weighted by atomic mass is 10.1. The van der Waals surface area contributed by atoms with Crippen LogP contribution in [0.1, 0.15) is 24.4 Å². The number of rotatable bonds is 4. The van der Waals surface area contributed by atoms with Gasteiger partial charge in [0.2, 0.25) is 0 Å². The van der Waals surface area contributed by atoms with Crippen molar-refractivity contribution in [3.8, 4) is 0 Å². The van der Waals surface area contributed by atoms with Gasteiger partial charge in [-0.3, -0.25) is 0 Å². The van der Waals surface area contributed by atoms with Crippen LogP contribution in [0.3, 0.4) is 0 Å². The highest BCUT2D eigenvalue weighted by atomic mass is 35.5. The average Bonchev–Trinajstić information content (AvgIpc) is 2.14. The van der Waals surface area contributed by atoms with E-state index in [1.54, 1.807) is 6.07 Å². The Kier molecular flexibility index (Phi) is 4.39. The van der Waals surface area contributed by atoms with Crippen molar-refractivity contribution in [1.82, 2.24) is 4.98 Å². The first-order valence-electron chi connectivity index (χ1n) is 4.33. The Morgan fingerprint density at radius 1 is 1.50 bits per heavy atom. The molecule has 2 N–H and O–H groups in total. The molecule has 1 aromatic heterocycles. The van der Waals surface area contributed by atoms with Gasteiger partial charge in [-0.25, -0.2) is 4.98 Å². The van der Waals surface area contributed by atoms with E-state index in [0.29, 0.717) is 10.3 Å². The molecule has 0 unspecified atom stereocenters. The third kappa shape index (κ3) is 2.98. The topological polar surface area (TPSA) is 38.9 Å². The lowest BCUT2D eigenvalue weighted by Gasteiger charge is -2.11. The van der Waals surface area contributed by atoms with Gasteiger partial charge in [-0.05, 0) is 18.9 Å². The van der Waals surface area contributed by atoms with Gasteiger partial charge in [-0.15, -0.1) is 6.58 Å². The lowest BCUT2D eigenvalue weighted by Crippen LogP contribution is -2.10. The van der Waals surface area contributed by atoms with E-state index in [1.165, 1.54) is 0 Å². The molecule has 0 saturated carbocycles. The predicted molar refractivity (Wildman–Crippen MR) is 60.6 cm³/mol. The van der Waals surface area contributed by atoms with E-state index in [9.17, 15) is 0 Å². The Morgan fingerprint density at radius 2 is 2.21 bits per heavy atom. The molecule has 0 amide bonds. The predicted octanol–water partition coefficient (Wildman–Crippen LogP) is 3.35. The summed E-state index contributed by atoms with van der Waals surface area (Å²) in [5.74, 6) is 0. The van der Waals surface area contributed by atoms with E-state index in [4.69, 9.17) is 28.9 Å². The SMILES string of the molecule is C=CCC[C@@H](N)c1ccc(Cl)nc1Cl. The minimum Gasteiger partial charge on any atom is -0.324 e. The van der Waals surface area contributed by atoms with Gasteiger partial charge >= 0.3 is 0 Å². The molecule has 0 bridgehead atoms. The molecular formula is C10H12Cl2N2. The number of nitrogens with zero attached hydrogens (tertiary/aromatic N) is 1. The fourth-order valence-corrected chi connectivity index (χ4v) is 1.64. The van der Waals surface area contributed by atoms with E-state index in [-0.39, 0.29) is 6.04 Å². The fourth-order valence-electron chi connectivity index (χ4n) is 1.15. The van der Waals surface area contributed by atoms with Crippen LogP contribution in [0.5, 0.6) is 0 Å². The van der Waals surface area contributed by atoms with Crippen molar-refractivity contribution < 1.29 is 0 Å². The van der Waals surface area contributed by atoms with Crippen molar-refractivity contribution in [2.45, 2.75) is 18.9 Å². The van der Waals surface area contributed by atoms with Crippen LogP contribution in [0.4, 0.5) is 0 Å².